The summed E-state index contributed by atoms with van der Waals surface area (Å²) in [4.78, 5) is 3.59. The van der Waals surface area contributed by atoms with Gasteiger partial charge in [-0.1, -0.05) is 0 Å². The van der Waals surface area contributed by atoms with E-state index >= 15 is 0 Å². The van der Waals surface area contributed by atoms with E-state index in [1.54, 1.807) is 0 Å². The van der Waals surface area contributed by atoms with Gasteiger partial charge in [-0.05, 0) is 24.3 Å². The summed E-state index contributed by atoms with van der Waals surface area (Å²) >= 11 is 0. The largest absolute Gasteiger partial charge is 0.416 e. The number of nitrogens with two attached hydrogens (primary N) is 1. The number of hydrogen-bond acceptors (Lipinski definition) is 3. The maximum absolute atomic E-state index is 13.4. The summed E-state index contributed by atoms with van der Waals surface area (Å²) in [6.45, 7) is 0. The molecule has 0 radical (unpaired) electrons. The van der Waals surface area contributed by atoms with Crippen molar-refractivity contribution in [1.29, 1.82) is 0 Å². The van der Waals surface area contributed by atoms with Gasteiger partial charge >= 0.3 is 6.18 Å². The summed E-state index contributed by atoms with van der Waals surface area (Å²) in [5.74, 6) is -2.29. The number of rotatable bonds is 2. The zero-order valence-corrected chi connectivity index (χ0v) is 9.80. The van der Waals surface area contributed by atoms with Gasteiger partial charge in [0.15, 0.2) is 0 Å². The van der Waals surface area contributed by atoms with E-state index in [0.29, 0.717) is 12.1 Å². The van der Waals surface area contributed by atoms with Crippen molar-refractivity contribution in [2.75, 3.05) is 11.1 Å². The first kappa shape index (κ1) is 14.0. The van der Waals surface area contributed by atoms with Gasteiger partial charge in [-0.2, -0.15) is 13.2 Å². The maximum Gasteiger partial charge on any atom is 0.416 e. The van der Waals surface area contributed by atoms with Crippen molar-refractivity contribution in [2.24, 2.45) is 0 Å². The molecule has 2 rings (SSSR count). The lowest BCUT2D eigenvalue weighted by atomic mass is 10.2. The molecule has 0 fully saturated rings. The Labute approximate surface area is 110 Å². The fourth-order valence-corrected chi connectivity index (χ4v) is 1.51. The SMILES string of the molecule is Nc1cc(C(F)(F)F)cc(Nc2cc(F)ccc2F)n1. The molecule has 20 heavy (non-hydrogen) atoms. The van der Waals surface area contributed by atoms with Crippen molar-refractivity contribution in [2.45, 2.75) is 6.18 Å². The molecule has 8 heteroatoms. The van der Waals surface area contributed by atoms with Gasteiger partial charge in [0.05, 0.1) is 11.3 Å². The Morgan fingerprint density at radius 2 is 1.75 bits per heavy atom. The van der Waals surface area contributed by atoms with Gasteiger partial charge in [0.1, 0.15) is 23.3 Å². The smallest absolute Gasteiger partial charge is 0.384 e. The summed E-state index contributed by atoms with van der Waals surface area (Å²) in [5.41, 5.74) is 3.88. The second-order valence-electron chi connectivity index (χ2n) is 3.91. The minimum absolute atomic E-state index is 0.332. The first-order valence-electron chi connectivity index (χ1n) is 5.32. The number of hydrogen-bond donors (Lipinski definition) is 2. The topological polar surface area (TPSA) is 50.9 Å². The van der Waals surface area contributed by atoms with Gasteiger partial charge < -0.3 is 11.1 Å². The van der Waals surface area contributed by atoms with Crippen molar-refractivity contribution in [3.8, 4) is 0 Å². The van der Waals surface area contributed by atoms with Crippen molar-refractivity contribution < 1.29 is 22.0 Å². The highest BCUT2D eigenvalue weighted by molar-refractivity contribution is 5.59. The fourth-order valence-electron chi connectivity index (χ4n) is 1.51. The van der Waals surface area contributed by atoms with Gasteiger partial charge in [-0.15, -0.1) is 0 Å². The molecule has 0 amide bonds. The number of nitrogen functional groups attached to an aromatic ring is 1. The molecule has 0 bridgehead atoms. The Bertz CT molecular complexity index is 639. The molecule has 0 atom stereocenters. The third-order valence-corrected chi connectivity index (χ3v) is 2.36. The van der Waals surface area contributed by atoms with Crippen molar-refractivity contribution >= 4 is 17.3 Å². The average Bonchev–Trinajstić information content (AvgIpc) is 2.32. The standard InChI is InChI=1S/C12H8F5N3/c13-7-1-2-8(14)9(5-7)19-11-4-6(12(15,16)17)3-10(18)20-11/h1-5H,(H3,18,19,20). The van der Waals surface area contributed by atoms with E-state index in [9.17, 15) is 22.0 Å². The van der Waals surface area contributed by atoms with Crippen LogP contribution in [0, 0.1) is 11.6 Å². The van der Waals surface area contributed by atoms with Gasteiger partial charge in [0, 0.05) is 6.07 Å². The number of anilines is 3. The molecule has 0 aliphatic carbocycles. The van der Waals surface area contributed by atoms with Crippen LogP contribution in [0.1, 0.15) is 5.56 Å². The predicted molar refractivity (Wildman–Crippen MR) is 63.3 cm³/mol. The van der Waals surface area contributed by atoms with Crippen molar-refractivity contribution in [1.82, 2.24) is 4.98 Å². The van der Waals surface area contributed by atoms with Crippen LogP contribution in [0.5, 0.6) is 0 Å². The Balaban J connectivity index is 2.39. The third kappa shape index (κ3) is 3.14. The van der Waals surface area contributed by atoms with Crippen LogP contribution < -0.4 is 11.1 Å². The number of halogens is 5. The number of pyridine rings is 1. The summed E-state index contributed by atoms with van der Waals surface area (Å²) in [7, 11) is 0. The summed E-state index contributed by atoms with van der Waals surface area (Å²) in [5, 5.41) is 2.26. The van der Waals surface area contributed by atoms with Crippen LogP contribution in [0.25, 0.3) is 0 Å². The van der Waals surface area contributed by atoms with Crippen molar-refractivity contribution in [3.05, 3.63) is 47.5 Å². The van der Waals surface area contributed by atoms with Gasteiger partial charge in [-0.25, -0.2) is 13.8 Å². The van der Waals surface area contributed by atoms with E-state index in [4.69, 9.17) is 5.73 Å². The Morgan fingerprint density at radius 1 is 1.05 bits per heavy atom. The van der Waals surface area contributed by atoms with Crippen LogP contribution in [0.15, 0.2) is 30.3 Å². The molecule has 106 valence electrons. The lowest BCUT2D eigenvalue weighted by Crippen LogP contribution is -2.08. The molecule has 0 saturated carbocycles. The molecule has 1 aromatic carbocycles. The van der Waals surface area contributed by atoms with Gasteiger partial charge in [0.2, 0.25) is 0 Å². The average molecular weight is 289 g/mol. The number of nitrogens with zero attached hydrogens (tertiary/aromatic N) is 1. The minimum atomic E-state index is -4.62. The highest BCUT2D eigenvalue weighted by Crippen LogP contribution is 2.32. The first-order valence-corrected chi connectivity index (χ1v) is 5.32. The highest BCUT2D eigenvalue weighted by atomic mass is 19.4. The maximum atomic E-state index is 13.4. The summed E-state index contributed by atoms with van der Waals surface area (Å²) in [6, 6.07) is 3.82. The number of benzene rings is 1. The van der Waals surface area contributed by atoms with Crippen LogP contribution in [0.3, 0.4) is 0 Å². The Kier molecular flexibility index (Phi) is 3.47. The minimum Gasteiger partial charge on any atom is -0.384 e. The number of aromatic nitrogens is 1. The van der Waals surface area contributed by atoms with Crippen LogP contribution >= 0.6 is 0 Å². The van der Waals surface area contributed by atoms with E-state index < -0.39 is 23.4 Å². The molecule has 3 N–H and O–H groups in total. The third-order valence-electron chi connectivity index (χ3n) is 2.36. The fraction of sp³-hybridized carbons (Fsp3) is 0.0833. The van der Waals surface area contributed by atoms with Crippen LogP contribution in [0.2, 0.25) is 0 Å². The zero-order chi connectivity index (χ0) is 14.9. The lowest BCUT2D eigenvalue weighted by Gasteiger charge is -2.11. The van der Waals surface area contributed by atoms with Crippen LogP contribution in [-0.4, -0.2) is 4.98 Å². The first-order chi connectivity index (χ1) is 9.25. The lowest BCUT2D eigenvalue weighted by molar-refractivity contribution is -0.137. The quantitative estimate of drug-likeness (QED) is 0.829. The normalized spacial score (nSPS) is 11.4. The molecular formula is C12H8F5N3. The van der Waals surface area contributed by atoms with E-state index in [-0.39, 0.29) is 17.3 Å². The molecule has 0 unspecified atom stereocenters. The van der Waals surface area contributed by atoms with Gasteiger partial charge in [0.25, 0.3) is 0 Å². The molecule has 3 nitrogen and oxygen atoms in total. The van der Waals surface area contributed by atoms with E-state index in [1.165, 1.54) is 0 Å². The van der Waals surface area contributed by atoms with E-state index in [1.807, 2.05) is 0 Å². The molecule has 1 heterocycles. The highest BCUT2D eigenvalue weighted by Gasteiger charge is 2.31. The summed E-state index contributed by atoms with van der Waals surface area (Å²) in [6.07, 6.45) is -4.62. The molecular weight excluding hydrogens is 281 g/mol. The second-order valence-corrected chi connectivity index (χ2v) is 3.91. The molecule has 0 aliphatic heterocycles. The predicted octanol–water partition coefficient (Wildman–Crippen LogP) is 3.70. The van der Waals surface area contributed by atoms with E-state index in [0.717, 1.165) is 18.2 Å². The molecule has 2 aromatic rings. The number of nitrogens with one attached hydrogen (secondary N) is 1. The summed E-state index contributed by atoms with van der Waals surface area (Å²) < 4.78 is 64.1. The molecule has 0 aliphatic rings. The monoisotopic (exact) mass is 289 g/mol. The Hall–Kier alpha value is -2.38. The van der Waals surface area contributed by atoms with Crippen LogP contribution in [0.4, 0.5) is 39.3 Å². The molecule has 0 saturated heterocycles. The zero-order valence-electron chi connectivity index (χ0n) is 9.80. The number of alkyl halides is 3. The second kappa shape index (κ2) is 4.95. The molecule has 0 spiro atoms. The van der Waals surface area contributed by atoms with Gasteiger partial charge in [-0.3, -0.25) is 0 Å². The Morgan fingerprint density at radius 3 is 2.40 bits per heavy atom. The van der Waals surface area contributed by atoms with Crippen molar-refractivity contribution in [3.63, 3.8) is 0 Å². The molecule has 1 aromatic heterocycles. The van der Waals surface area contributed by atoms with E-state index in [2.05, 4.69) is 10.3 Å². The van der Waals surface area contributed by atoms with Crippen LogP contribution in [-0.2, 0) is 6.18 Å².